The Morgan fingerprint density at radius 2 is 1.62 bits per heavy atom. The fraction of sp³-hybridized carbons (Fsp3) is 0.333. The summed E-state index contributed by atoms with van der Waals surface area (Å²) >= 11 is 6.11. The smallest absolute Gasteiger partial charge is 0.330 e. The first kappa shape index (κ1) is 25.0. The number of halogens is 1. The molecule has 0 radical (unpaired) electrons. The van der Waals surface area contributed by atoms with Crippen molar-refractivity contribution in [3.63, 3.8) is 0 Å². The molecule has 1 N–H and O–H groups in total. The summed E-state index contributed by atoms with van der Waals surface area (Å²) in [4.78, 5) is 52.2. The van der Waals surface area contributed by atoms with Gasteiger partial charge in [-0.15, -0.1) is 0 Å². The van der Waals surface area contributed by atoms with Crippen molar-refractivity contribution in [2.45, 2.75) is 26.3 Å². The molecule has 0 aromatic heterocycles. The van der Waals surface area contributed by atoms with Gasteiger partial charge < -0.3 is 19.5 Å². The van der Waals surface area contributed by atoms with Crippen molar-refractivity contribution in [2.24, 2.45) is 5.92 Å². The average molecular weight is 489 g/mol. The minimum Gasteiger partial charge on any atom is -0.495 e. The molecule has 1 aliphatic rings. The quantitative estimate of drug-likeness (QED) is 0.424. The number of hydrogen-bond acceptors (Lipinski definition) is 7. The van der Waals surface area contributed by atoms with E-state index in [2.05, 4.69) is 5.32 Å². The van der Waals surface area contributed by atoms with E-state index in [0.717, 1.165) is 4.90 Å². The van der Waals surface area contributed by atoms with Crippen LogP contribution in [-0.2, 0) is 14.3 Å². The van der Waals surface area contributed by atoms with Crippen LogP contribution in [0.1, 0.15) is 41.0 Å². The van der Waals surface area contributed by atoms with Crippen molar-refractivity contribution < 1.29 is 33.4 Å². The van der Waals surface area contributed by atoms with Gasteiger partial charge in [0, 0.05) is 6.07 Å². The number of amides is 3. The first-order valence-electron chi connectivity index (χ1n) is 10.6. The van der Waals surface area contributed by atoms with Crippen molar-refractivity contribution >= 4 is 41.0 Å². The van der Waals surface area contributed by atoms with Crippen LogP contribution in [0.15, 0.2) is 36.4 Å². The number of methoxy groups -OCH3 is 2. The van der Waals surface area contributed by atoms with Crippen molar-refractivity contribution in [3.8, 4) is 11.5 Å². The Labute approximate surface area is 201 Å². The molecule has 1 aliphatic heterocycles. The van der Waals surface area contributed by atoms with E-state index in [1.807, 2.05) is 6.92 Å². The van der Waals surface area contributed by atoms with Crippen molar-refractivity contribution in [1.82, 2.24) is 4.90 Å². The third kappa shape index (κ3) is 4.84. The molecule has 180 valence electrons. The predicted octanol–water partition coefficient (Wildman–Crippen LogP) is 3.55. The van der Waals surface area contributed by atoms with Crippen LogP contribution in [-0.4, -0.2) is 55.5 Å². The number of fused-ring (bicyclic) bond motifs is 1. The van der Waals surface area contributed by atoms with Gasteiger partial charge in [0.15, 0.2) is 6.61 Å². The van der Waals surface area contributed by atoms with E-state index in [9.17, 15) is 19.2 Å². The molecule has 0 saturated heterocycles. The summed E-state index contributed by atoms with van der Waals surface area (Å²) in [6.07, 6.45) is 0.501. The van der Waals surface area contributed by atoms with Crippen LogP contribution in [0.3, 0.4) is 0 Å². The van der Waals surface area contributed by atoms with Crippen LogP contribution in [0.4, 0.5) is 5.69 Å². The van der Waals surface area contributed by atoms with E-state index in [1.165, 1.54) is 38.5 Å². The number of benzene rings is 2. The van der Waals surface area contributed by atoms with Gasteiger partial charge in [0.05, 0.1) is 36.1 Å². The maximum atomic E-state index is 13.0. The molecule has 0 fully saturated rings. The lowest BCUT2D eigenvalue weighted by Crippen LogP contribution is -2.49. The van der Waals surface area contributed by atoms with E-state index in [4.69, 9.17) is 25.8 Å². The molecule has 2 aromatic carbocycles. The van der Waals surface area contributed by atoms with Crippen molar-refractivity contribution in [1.29, 1.82) is 0 Å². The van der Waals surface area contributed by atoms with Gasteiger partial charge in [-0.3, -0.25) is 19.3 Å². The largest absolute Gasteiger partial charge is 0.495 e. The minimum absolute atomic E-state index is 0.231. The van der Waals surface area contributed by atoms with Gasteiger partial charge in [-0.1, -0.05) is 44.0 Å². The molecule has 0 saturated carbocycles. The summed E-state index contributed by atoms with van der Waals surface area (Å²) in [5.41, 5.74) is 0.720. The van der Waals surface area contributed by atoms with Gasteiger partial charge in [-0.05, 0) is 24.1 Å². The lowest BCUT2D eigenvalue weighted by Gasteiger charge is -2.28. The summed E-state index contributed by atoms with van der Waals surface area (Å²) < 4.78 is 15.6. The highest BCUT2D eigenvalue weighted by Crippen LogP contribution is 2.36. The highest BCUT2D eigenvalue weighted by atomic mass is 35.5. The number of carbonyl (C=O) groups excluding carboxylic acids is 4. The lowest BCUT2D eigenvalue weighted by molar-refractivity contribution is -0.152. The SMILES string of the molecule is CC[C@H](C)[C@@H](C(=O)OCC(=O)Nc1cc(Cl)c(OC)cc1OC)N1C(=O)c2ccccc2C1=O. The first-order valence-corrected chi connectivity index (χ1v) is 11.0. The number of nitrogens with one attached hydrogen (secondary N) is 1. The molecule has 9 nitrogen and oxygen atoms in total. The Balaban J connectivity index is 1.73. The zero-order valence-corrected chi connectivity index (χ0v) is 20.0. The molecule has 2 aromatic rings. The summed E-state index contributed by atoms with van der Waals surface area (Å²) in [6, 6.07) is 8.15. The lowest BCUT2D eigenvalue weighted by atomic mass is 9.97. The maximum Gasteiger partial charge on any atom is 0.330 e. The Bertz CT molecular complexity index is 1100. The van der Waals surface area contributed by atoms with Gasteiger partial charge in [-0.2, -0.15) is 0 Å². The predicted molar refractivity (Wildman–Crippen MR) is 124 cm³/mol. The number of rotatable bonds is 9. The van der Waals surface area contributed by atoms with Crippen molar-refractivity contribution in [3.05, 3.63) is 52.5 Å². The van der Waals surface area contributed by atoms with E-state index in [1.54, 1.807) is 19.1 Å². The third-order valence-corrected chi connectivity index (χ3v) is 5.92. The molecule has 0 aliphatic carbocycles. The molecule has 3 rings (SSSR count). The fourth-order valence-electron chi connectivity index (χ4n) is 3.64. The normalized spacial score (nSPS) is 14.3. The Hall–Kier alpha value is -3.59. The minimum atomic E-state index is -1.17. The number of nitrogens with zero attached hydrogens (tertiary/aromatic N) is 1. The molecule has 0 unspecified atom stereocenters. The molecular formula is C24H25ClN2O7. The Morgan fingerprint density at radius 3 is 2.15 bits per heavy atom. The summed E-state index contributed by atoms with van der Waals surface area (Å²) in [5, 5.41) is 2.81. The summed E-state index contributed by atoms with van der Waals surface area (Å²) in [7, 11) is 2.86. The van der Waals surface area contributed by atoms with E-state index in [0.29, 0.717) is 17.9 Å². The fourth-order valence-corrected chi connectivity index (χ4v) is 3.88. The van der Waals surface area contributed by atoms with Gasteiger partial charge in [0.25, 0.3) is 17.7 Å². The highest BCUT2D eigenvalue weighted by molar-refractivity contribution is 6.32. The van der Waals surface area contributed by atoms with E-state index in [-0.39, 0.29) is 21.8 Å². The molecular weight excluding hydrogens is 464 g/mol. The zero-order valence-electron chi connectivity index (χ0n) is 19.2. The standard InChI is InChI=1S/C24H25ClN2O7/c1-5-13(2)21(27-22(29)14-8-6-7-9-15(14)23(27)30)24(31)34-12-20(28)26-17-10-16(25)18(32-3)11-19(17)33-4/h6-11,13,21H,5,12H2,1-4H3,(H,26,28)/t13-,21-/m0/s1. The molecule has 0 spiro atoms. The van der Waals surface area contributed by atoms with Crippen LogP contribution in [0.2, 0.25) is 5.02 Å². The second kappa shape index (κ2) is 10.6. The molecule has 1 heterocycles. The van der Waals surface area contributed by atoms with Crippen LogP contribution in [0.5, 0.6) is 11.5 Å². The zero-order chi connectivity index (χ0) is 25.0. The first-order chi connectivity index (χ1) is 16.2. The maximum absolute atomic E-state index is 13.0. The average Bonchev–Trinajstić information content (AvgIpc) is 3.08. The topological polar surface area (TPSA) is 111 Å². The van der Waals surface area contributed by atoms with E-state index < -0.39 is 42.3 Å². The molecule has 2 atom stereocenters. The number of esters is 1. The van der Waals surface area contributed by atoms with Crippen LogP contribution < -0.4 is 14.8 Å². The number of hydrogen-bond donors (Lipinski definition) is 1. The number of imide groups is 1. The molecule has 3 amide bonds. The van der Waals surface area contributed by atoms with Gasteiger partial charge >= 0.3 is 5.97 Å². The van der Waals surface area contributed by atoms with Gasteiger partial charge in [0.1, 0.15) is 17.5 Å². The molecule has 0 bridgehead atoms. The van der Waals surface area contributed by atoms with Crippen LogP contribution in [0, 0.1) is 5.92 Å². The number of anilines is 1. The van der Waals surface area contributed by atoms with Crippen molar-refractivity contribution in [2.75, 3.05) is 26.1 Å². The van der Waals surface area contributed by atoms with E-state index >= 15 is 0 Å². The third-order valence-electron chi connectivity index (χ3n) is 5.62. The monoisotopic (exact) mass is 488 g/mol. The molecule has 34 heavy (non-hydrogen) atoms. The number of carbonyl (C=O) groups is 4. The Kier molecular flexibility index (Phi) is 7.78. The second-order valence-corrected chi connectivity index (χ2v) is 8.11. The van der Waals surface area contributed by atoms with Gasteiger partial charge in [-0.25, -0.2) is 4.79 Å². The summed E-state index contributed by atoms with van der Waals surface area (Å²) in [5.74, 6) is -2.37. The summed E-state index contributed by atoms with van der Waals surface area (Å²) in [6.45, 7) is 2.93. The number of ether oxygens (including phenoxy) is 3. The molecule has 10 heteroatoms. The van der Waals surface area contributed by atoms with Crippen LogP contribution >= 0.6 is 11.6 Å². The Morgan fingerprint density at radius 1 is 1.03 bits per heavy atom. The second-order valence-electron chi connectivity index (χ2n) is 7.70. The van der Waals surface area contributed by atoms with Gasteiger partial charge in [0.2, 0.25) is 0 Å². The highest BCUT2D eigenvalue weighted by Gasteiger charge is 2.45. The van der Waals surface area contributed by atoms with Crippen LogP contribution in [0.25, 0.3) is 0 Å².